The number of fused-ring (bicyclic) bond motifs is 1. The third kappa shape index (κ3) is 6.37. The minimum absolute atomic E-state index is 0.0559. The Morgan fingerprint density at radius 3 is 2.53 bits per heavy atom. The normalized spacial score (nSPS) is 11.4. The van der Waals surface area contributed by atoms with Crippen molar-refractivity contribution in [2.75, 3.05) is 18.6 Å². The molecule has 2 heterocycles. The summed E-state index contributed by atoms with van der Waals surface area (Å²) in [4.78, 5) is 18.0. The molecule has 0 bridgehead atoms. The number of sulfone groups is 1. The summed E-state index contributed by atoms with van der Waals surface area (Å²) >= 11 is 0. The third-order valence-electron chi connectivity index (χ3n) is 5.11. The van der Waals surface area contributed by atoms with Crippen molar-refractivity contribution in [3.63, 3.8) is 0 Å². The van der Waals surface area contributed by atoms with Gasteiger partial charge in [0, 0.05) is 23.6 Å². The molecule has 0 atom stereocenters. The van der Waals surface area contributed by atoms with Crippen molar-refractivity contribution in [2.45, 2.75) is 18.0 Å². The Hall–Kier alpha value is -4.64. The van der Waals surface area contributed by atoms with Gasteiger partial charge in [-0.2, -0.15) is 18.4 Å². The predicted octanol–water partition coefficient (Wildman–Crippen LogP) is 3.89. The smallest absolute Gasteiger partial charge is 0.479 e. The van der Waals surface area contributed by atoms with Crippen molar-refractivity contribution < 1.29 is 36.2 Å². The van der Waals surface area contributed by atoms with E-state index < -0.39 is 22.0 Å². The Morgan fingerprint density at radius 1 is 1.24 bits per heavy atom. The SMILES string of the molecule is Cc1ccc(S(C)(=O)=O)cc1-c1cnc2c(N)nc(-c3cccc(OCC#N)c3)cn12.O=C(O)C(F)(F)F. The second-order valence-corrected chi connectivity index (χ2v) is 9.89. The number of nitriles is 1. The number of anilines is 1. The average Bonchev–Trinajstić information content (AvgIpc) is 3.27. The van der Waals surface area contributed by atoms with Crippen LogP contribution in [0.3, 0.4) is 0 Å². The van der Waals surface area contributed by atoms with E-state index in [1.54, 1.807) is 53.2 Å². The molecule has 14 heteroatoms. The zero-order chi connectivity index (χ0) is 28.3. The maximum atomic E-state index is 12.0. The molecule has 4 aromatic rings. The highest BCUT2D eigenvalue weighted by molar-refractivity contribution is 7.90. The largest absolute Gasteiger partial charge is 0.490 e. The Morgan fingerprint density at radius 2 is 1.92 bits per heavy atom. The van der Waals surface area contributed by atoms with Crippen LogP contribution in [0, 0.1) is 18.3 Å². The number of benzene rings is 2. The summed E-state index contributed by atoms with van der Waals surface area (Å²) < 4.78 is 63.0. The van der Waals surface area contributed by atoms with E-state index in [9.17, 15) is 21.6 Å². The number of rotatable bonds is 5. The predicted molar refractivity (Wildman–Crippen MR) is 131 cm³/mol. The van der Waals surface area contributed by atoms with Gasteiger partial charge in [-0.3, -0.25) is 4.40 Å². The fraction of sp³-hybridized carbons (Fsp3) is 0.167. The zero-order valence-electron chi connectivity index (χ0n) is 19.9. The van der Waals surface area contributed by atoms with Crippen molar-refractivity contribution in [1.29, 1.82) is 5.26 Å². The lowest BCUT2D eigenvalue weighted by Crippen LogP contribution is -2.21. The van der Waals surface area contributed by atoms with Gasteiger partial charge >= 0.3 is 12.1 Å². The van der Waals surface area contributed by atoms with E-state index >= 15 is 0 Å². The van der Waals surface area contributed by atoms with Gasteiger partial charge in [0.25, 0.3) is 0 Å². The highest BCUT2D eigenvalue weighted by atomic mass is 32.2. The number of ether oxygens (including phenoxy) is 1. The summed E-state index contributed by atoms with van der Waals surface area (Å²) in [5.41, 5.74) is 10.3. The first-order chi connectivity index (χ1) is 17.7. The molecular formula is C24H20F3N5O5S. The van der Waals surface area contributed by atoms with Gasteiger partial charge < -0.3 is 15.6 Å². The van der Waals surface area contributed by atoms with E-state index in [4.69, 9.17) is 25.6 Å². The summed E-state index contributed by atoms with van der Waals surface area (Å²) in [5, 5.41) is 15.8. The van der Waals surface area contributed by atoms with E-state index in [2.05, 4.69) is 9.97 Å². The summed E-state index contributed by atoms with van der Waals surface area (Å²) in [6, 6.07) is 14.1. The van der Waals surface area contributed by atoms with Gasteiger partial charge in [-0.1, -0.05) is 18.2 Å². The molecule has 0 aliphatic rings. The first-order valence-corrected chi connectivity index (χ1v) is 12.5. The van der Waals surface area contributed by atoms with Crippen LogP contribution in [-0.4, -0.2) is 52.9 Å². The number of aromatic nitrogens is 3. The van der Waals surface area contributed by atoms with Crippen molar-refractivity contribution in [2.24, 2.45) is 0 Å². The standard InChI is InChI=1S/C22H19N5O3S.C2HF3O2/c1-14-6-7-17(31(2,28)29)11-18(14)20-12-25-22-21(24)26-19(13-27(20)22)15-4-3-5-16(10-15)30-9-8-23;3-2(4,5)1(6)7/h3-7,10-13H,9H2,1-2H3,(H2,24,26);(H,6,7). The topological polar surface area (TPSA) is 161 Å². The quantitative estimate of drug-likeness (QED) is 0.378. The number of halogens is 3. The van der Waals surface area contributed by atoms with Crippen LogP contribution in [-0.2, 0) is 14.6 Å². The van der Waals surface area contributed by atoms with Crippen LogP contribution in [0.4, 0.5) is 19.0 Å². The maximum absolute atomic E-state index is 12.0. The van der Waals surface area contributed by atoms with Crippen LogP contribution in [0.5, 0.6) is 5.75 Å². The van der Waals surface area contributed by atoms with Crippen LogP contribution in [0.25, 0.3) is 28.2 Å². The zero-order valence-corrected chi connectivity index (χ0v) is 20.7. The molecule has 0 aliphatic carbocycles. The Bertz CT molecular complexity index is 1660. The van der Waals surface area contributed by atoms with Gasteiger partial charge in [-0.25, -0.2) is 23.2 Å². The molecule has 0 amide bonds. The monoisotopic (exact) mass is 547 g/mol. The fourth-order valence-corrected chi connectivity index (χ4v) is 3.97. The molecule has 4 rings (SSSR count). The van der Waals surface area contributed by atoms with Gasteiger partial charge in [0.2, 0.25) is 0 Å². The molecule has 0 spiro atoms. The number of carboxylic acids is 1. The highest BCUT2D eigenvalue weighted by Gasteiger charge is 2.38. The Kier molecular flexibility index (Phi) is 7.92. The summed E-state index contributed by atoms with van der Waals surface area (Å²) in [6.45, 7) is 1.85. The number of nitrogen functional groups attached to an aromatic ring is 1. The fourth-order valence-electron chi connectivity index (χ4n) is 3.32. The summed E-state index contributed by atoms with van der Waals surface area (Å²) in [7, 11) is -3.36. The molecule has 38 heavy (non-hydrogen) atoms. The van der Waals surface area contributed by atoms with Crippen LogP contribution in [0.1, 0.15) is 5.56 Å². The molecule has 10 nitrogen and oxygen atoms in total. The Labute approximate surface area is 214 Å². The lowest BCUT2D eigenvalue weighted by atomic mass is 10.1. The van der Waals surface area contributed by atoms with E-state index in [1.807, 2.05) is 19.1 Å². The molecule has 0 unspecified atom stereocenters. The van der Waals surface area contributed by atoms with Crippen LogP contribution >= 0.6 is 0 Å². The van der Waals surface area contributed by atoms with Crippen molar-refractivity contribution >= 4 is 27.3 Å². The molecule has 0 fully saturated rings. The lowest BCUT2D eigenvalue weighted by molar-refractivity contribution is -0.192. The van der Waals surface area contributed by atoms with Gasteiger partial charge in [0.1, 0.15) is 11.8 Å². The van der Waals surface area contributed by atoms with Crippen molar-refractivity contribution in [3.8, 4) is 34.3 Å². The van der Waals surface area contributed by atoms with Crippen molar-refractivity contribution in [3.05, 3.63) is 60.4 Å². The molecule has 3 N–H and O–H groups in total. The van der Waals surface area contributed by atoms with Gasteiger partial charge in [0.05, 0.1) is 22.5 Å². The van der Waals surface area contributed by atoms with Crippen molar-refractivity contribution in [1.82, 2.24) is 14.4 Å². The van der Waals surface area contributed by atoms with Gasteiger partial charge in [0.15, 0.2) is 27.9 Å². The number of alkyl halides is 3. The number of hydrogen-bond donors (Lipinski definition) is 2. The second kappa shape index (κ2) is 10.8. The number of aliphatic carboxylic acids is 1. The maximum Gasteiger partial charge on any atom is 0.490 e. The number of carbonyl (C=O) groups is 1. The number of carboxylic acid groups (broad SMARTS) is 1. The molecule has 198 valence electrons. The molecule has 2 aromatic heterocycles. The number of hydrogen-bond acceptors (Lipinski definition) is 8. The molecule has 0 saturated carbocycles. The van der Waals surface area contributed by atoms with Crippen LogP contribution in [0.15, 0.2) is 59.8 Å². The first kappa shape index (κ1) is 27.9. The van der Waals surface area contributed by atoms with E-state index in [1.165, 1.54) is 6.26 Å². The number of nitrogens with zero attached hydrogens (tertiary/aromatic N) is 4. The number of aryl methyl sites for hydroxylation is 1. The third-order valence-corrected chi connectivity index (χ3v) is 6.22. The first-order valence-electron chi connectivity index (χ1n) is 10.6. The lowest BCUT2D eigenvalue weighted by Gasteiger charge is -2.11. The molecular weight excluding hydrogens is 527 g/mol. The molecule has 2 aromatic carbocycles. The minimum Gasteiger partial charge on any atom is -0.479 e. The highest BCUT2D eigenvalue weighted by Crippen LogP contribution is 2.31. The second-order valence-electron chi connectivity index (χ2n) is 7.87. The van der Waals surface area contributed by atoms with Crippen LogP contribution in [0.2, 0.25) is 0 Å². The molecule has 0 saturated heterocycles. The van der Waals surface area contributed by atoms with Crippen LogP contribution < -0.4 is 10.5 Å². The van der Waals surface area contributed by atoms with E-state index in [0.717, 1.165) is 16.7 Å². The Balaban J connectivity index is 0.000000505. The van der Waals surface area contributed by atoms with E-state index in [-0.39, 0.29) is 17.3 Å². The average molecular weight is 548 g/mol. The minimum atomic E-state index is -5.08. The molecule has 0 aliphatic heterocycles. The van der Waals surface area contributed by atoms with Gasteiger partial charge in [-0.05, 0) is 36.8 Å². The number of imidazole rings is 1. The van der Waals surface area contributed by atoms with E-state index in [0.29, 0.717) is 22.8 Å². The van der Waals surface area contributed by atoms with Gasteiger partial charge in [-0.15, -0.1) is 0 Å². The summed E-state index contributed by atoms with van der Waals surface area (Å²) in [5.74, 6) is -1.97. The summed E-state index contributed by atoms with van der Waals surface area (Å²) in [6.07, 6.45) is -0.459. The number of nitrogens with two attached hydrogens (primary N) is 1. The molecule has 0 radical (unpaired) electrons.